The van der Waals surface area contributed by atoms with Gasteiger partial charge in [0, 0.05) is 6.42 Å². The van der Waals surface area contributed by atoms with E-state index >= 15 is 0 Å². The number of hydrogen-bond donors (Lipinski definition) is 2. The molecule has 114 valence electrons. The van der Waals surface area contributed by atoms with Gasteiger partial charge in [-0.3, -0.25) is 0 Å². The van der Waals surface area contributed by atoms with Crippen molar-refractivity contribution < 1.29 is 9.80 Å². The lowest BCUT2D eigenvalue weighted by molar-refractivity contribution is -1.02. The van der Waals surface area contributed by atoms with E-state index in [4.69, 9.17) is 0 Å². The van der Waals surface area contributed by atoms with Gasteiger partial charge in [0.1, 0.15) is 26.2 Å². The lowest BCUT2D eigenvalue weighted by atomic mass is 10.1. The lowest BCUT2D eigenvalue weighted by Gasteiger charge is -2.32. The second-order valence-electron chi connectivity index (χ2n) is 7.04. The molecule has 1 aromatic carbocycles. The number of quaternary nitrogens is 2. The molecular formula is C19H30N2+2. The Morgan fingerprint density at radius 3 is 2.48 bits per heavy atom. The van der Waals surface area contributed by atoms with Crippen LogP contribution < -0.4 is 9.80 Å². The third kappa shape index (κ3) is 4.18. The van der Waals surface area contributed by atoms with Gasteiger partial charge >= 0.3 is 0 Å². The van der Waals surface area contributed by atoms with Crippen molar-refractivity contribution in [3.05, 3.63) is 42.0 Å². The van der Waals surface area contributed by atoms with Crippen LogP contribution in [0.1, 0.15) is 31.7 Å². The van der Waals surface area contributed by atoms with Gasteiger partial charge in [-0.15, -0.1) is 0 Å². The van der Waals surface area contributed by atoms with Crippen LogP contribution in [0.5, 0.6) is 0 Å². The predicted octanol–water partition coefficient (Wildman–Crippen LogP) is 0.672. The molecule has 2 N–H and O–H groups in total. The molecule has 1 saturated carbocycles. The Balaban J connectivity index is 1.41. The van der Waals surface area contributed by atoms with Crippen LogP contribution in [0.3, 0.4) is 0 Å². The fourth-order valence-corrected chi connectivity index (χ4v) is 4.04. The first kappa shape index (κ1) is 14.8. The van der Waals surface area contributed by atoms with Gasteiger partial charge in [-0.25, -0.2) is 0 Å². The van der Waals surface area contributed by atoms with E-state index in [2.05, 4.69) is 49.4 Å². The van der Waals surface area contributed by atoms with Crippen molar-refractivity contribution in [1.29, 1.82) is 0 Å². The van der Waals surface area contributed by atoms with Crippen LogP contribution in [-0.2, 0) is 0 Å². The third-order valence-corrected chi connectivity index (χ3v) is 5.39. The molecule has 2 aliphatic rings. The number of nitrogens with one attached hydrogen (secondary N) is 2. The predicted molar refractivity (Wildman–Crippen MR) is 88.5 cm³/mol. The van der Waals surface area contributed by atoms with E-state index in [1.165, 1.54) is 57.5 Å². The van der Waals surface area contributed by atoms with Crippen LogP contribution >= 0.6 is 0 Å². The van der Waals surface area contributed by atoms with Crippen molar-refractivity contribution in [2.45, 2.75) is 32.2 Å². The fourth-order valence-electron chi connectivity index (χ4n) is 4.04. The maximum absolute atomic E-state index is 2.43. The summed E-state index contributed by atoms with van der Waals surface area (Å²) in [6.07, 6.45) is 9.03. The minimum atomic E-state index is 0.974. The SMILES string of the molecule is C[C@@H]1CC[C@H]([NH+]2CC[NH+](CC=Cc3ccccc3)CC2)C1. The van der Waals surface area contributed by atoms with Crippen LogP contribution in [0, 0.1) is 5.92 Å². The van der Waals surface area contributed by atoms with Crippen LogP contribution in [0.4, 0.5) is 0 Å². The molecule has 0 radical (unpaired) electrons. The summed E-state index contributed by atoms with van der Waals surface area (Å²) in [5.74, 6) is 0.974. The highest BCUT2D eigenvalue weighted by Crippen LogP contribution is 2.22. The van der Waals surface area contributed by atoms with E-state index < -0.39 is 0 Å². The van der Waals surface area contributed by atoms with E-state index in [0.717, 1.165) is 12.0 Å². The molecule has 0 unspecified atom stereocenters. The molecule has 2 heteroatoms. The second-order valence-corrected chi connectivity index (χ2v) is 7.04. The summed E-state index contributed by atoms with van der Waals surface area (Å²) in [6, 6.07) is 11.6. The van der Waals surface area contributed by atoms with Gasteiger partial charge < -0.3 is 9.80 Å². The molecule has 2 atom stereocenters. The average Bonchev–Trinajstić information content (AvgIpc) is 2.96. The summed E-state index contributed by atoms with van der Waals surface area (Å²) in [5, 5.41) is 0. The van der Waals surface area contributed by atoms with Crippen LogP contribution in [-0.4, -0.2) is 38.8 Å². The van der Waals surface area contributed by atoms with Crippen LogP contribution in [0.15, 0.2) is 36.4 Å². The first-order chi connectivity index (χ1) is 10.3. The van der Waals surface area contributed by atoms with Gasteiger partial charge in [-0.2, -0.15) is 0 Å². The van der Waals surface area contributed by atoms with Crippen molar-refractivity contribution in [3.8, 4) is 0 Å². The fraction of sp³-hybridized carbons (Fsp3) is 0.579. The Hall–Kier alpha value is -1.12. The largest absolute Gasteiger partial charge is 0.323 e. The van der Waals surface area contributed by atoms with E-state index in [-0.39, 0.29) is 0 Å². The zero-order valence-electron chi connectivity index (χ0n) is 13.4. The maximum Gasteiger partial charge on any atom is 0.127 e. The van der Waals surface area contributed by atoms with Crippen LogP contribution in [0.25, 0.3) is 6.08 Å². The molecule has 3 rings (SSSR count). The quantitative estimate of drug-likeness (QED) is 0.805. The summed E-state index contributed by atoms with van der Waals surface area (Å²) in [6.45, 7) is 9.06. The Morgan fingerprint density at radius 2 is 1.81 bits per heavy atom. The van der Waals surface area contributed by atoms with Crippen molar-refractivity contribution in [3.63, 3.8) is 0 Å². The summed E-state index contributed by atoms with van der Waals surface area (Å²) < 4.78 is 0. The summed E-state index contributed by atoms with van der Waals surface area (Å²) in [4.78, 5) is 3.66. The molecule has 0 bridgehead atoms. The highest BCUT2D eigenvalue weighted by Gasteiger charge is 2.33. The number of piperazine rings is 1. The van der Waals surface area contributed by atoms with Crippen molar-refractivity contribution >= 4 is 6.08 Å². The summed E-state index contributed by atoms with van der Waals surface area (Å²) in [7, 11) is 0. The molecule has 21 heavy (non-hydrogen) atoms. The Bertz CT molecular complexity index is 446. The van der Waals surface area contributed by atoms with Crippen molar-refractivity contribution in [2.24, 2.45) is 5.92 Å². The lowest BCUT2D eigenvalue weighted by Crippen LogP contribution is -3.29. The van der Waals surface area contributed by atoms with Crippen molar-refractivity contribution in [1.82, 2.24) is 0 Å². The zero-order valence-corrected chi connectivity index (χ0v) is 13.4. The molecule has 2 fully saturated rings. The van der Waals surface area contributed by atoms with Gasteiger partial charge in [-0.05, 0) is 30.4 Å². The topological polar surface area (TPSA) is 8.88 Å². The molecule has 2 nitrogen and oxygen atoms in total. The molecule has 1 aliphatic heterocycles. The first-order valence-electron chi connectivity index (χ1n) is 8.71. The minimum absolute atomic E-state index is 0.974. The molecule has 1 saturated heterocycles. The minimum Gasteiger partial charge on any atom is -0.323 e. The van der Waals surface area contributed by atoms with Gasteiger partial charge in [0.05, 0.1) is 12.6 Å². The molecule has 0 spiro atoms. The molecule has 1 aromatic rings. The van der Waals surface area contributed by atoms with Gasteiger partial charge in [-0.1, -0.05) is 43.3 Å². The highest BCUT2D eigenvalue weighted by molar-refractivity contribution is 5.48. The second kappa shape index (κ2) is 7.24. The molecule has 0 aromatic heterocycles. The molecule has 1 aliphatic carbocycles. The summed E-state index contributed by atoms with van der Waals surface area (Å²) >= 11 is 0. The molecular weight excluding hydrogens is 256 g/mol. The van der Waals surface area contributed by atoms with Gasteiger partial charge in [0.15, 0.2) is 0 Å². The standard InChI is InChI=1S/C19H28N2/c1-17-9-10-19(16-17)21-14-12-20(13-15-21)11-5-8-18-6-3-2-4-7-18/h2-8,17,19H,9-16H2,1H3/p+2/t17-,19+/m1/s1. The normalized spacial score (nSPS) is 33.6. The zero-order chi connectivity index (χ0) is 14.5. The number of hydrogen-bond acceptors (Lipinski definition) is 0. The Morgan fingerprint density at radius 1 is 1.05 bits per heavy atom. The molecule has 0 amide bonds. The van der Waals surface area contributed by atoms with E-state index in [1.54, 1.807) is 4.90 Å². The van der Waals surface area contributed by atoms with Crippen molar-refractivity contribution in [2.75, 3.05) is 32.7 Å². The Labute approximate surface area is 129 Å². The number of benzene rings is 1. The smallest absolute Gasteiger partial charge is 0.127 e. The monoisotopic (exact) mass is 286 g/mol. The average molecular weight is 286 g/mol. The highest BCUT2D eigenvalue weighted by atomic mass is 15.3. The Kier molecular flexibility index (Phi) is 5.10. The maximum atomic E-state index is 2.43. The van der Waals surface area contributed by atoms with E-state index in [0.29, 0.717) is 0 Å². The first-order valence-corrected chi connectivity index (χ1v) is 8.71. The van der Waals surface area contributed by atoms with E-state index in [1.807, 2.05) is 4.90 Å². The van der Waals surface area contributed by atoms with E-state index in [9.17, 15) is 0 Å². The van der Waals surface area contributed by atoms with Crippen LogP contribution in [0.2, 0.25) is 0 Å². The van der Waals surface area contributed by atoms with Gasteiger partial charge in [0.25, 0.3) is 0 Å². The third-order valence-electron chi connectivity index (χ3n) is 5.39. The number of rotatable bonds is 4. The molecule has 1 heterocycles. The summed E-state index contributed by atoms with van der Waals surface area (Å²) in [5.41, 5.74) is 1.32. The van der Waals surface area contributed by atoms with Gasteiger partial charge in [0.2, 0.25) is 0 Å².